The lowest BCUT2D eigenvalue weighted by atomic mass is 10.2. The predicted octanol–water partition coefficient (Wildman–Crippen LogP) is 3.85. The van der Waals surface area contributed by atoms with Crippen molar-refractivity contribution < 1.29 is 9.21 Å². The molecule has 4 nitrogen and oxygen atoms in total. The van der Waals surface area contributed by atoms with Gasteiger partial charge in [-0.05, 0) is 29.8 Å². The minimum Gasteiger partial charge on any atom is -0.451 e. The van der Waals surface area contributed by atoms with Crippen LogP contribution in [0, 0.1) is 0 Å². The molecule has 0 aliphatic rings. The molecule has 1 amide bonds. The van der Waals surface area contributed by atoms with Gasteiger partial charge in [0.2, 0.25) is 0 Å². The molecule has 0 fully saturated rings. The van der Waals surface area contributed by atoms with Crippen LogP contribution in [0.15, 0.2) is 64.1 Å². The van der Waals surface area contributed by atoms with E-state index in [2.05, 4.69) is 10.5 Å². The summed E-state index contributed by atoms with van der Waals surface area (Å²) in [6.07, 6.45) is 1.54. The molecule has 1 aromatic heterocycles. The predicted molar refractivity (Wildman–Crippen MR) is 82.7 cm³/mol. The highest BCUT2D eigenvalue weighted by Gasteiger charge is 2.10. The molecule has 1 N–H and O–H groups in total. The van der Waals surface area contributed by atoms with E-state index in [1.807, 2.05) is 24.3 Å². The van der Waals surface area contributed by atoms with Crippen molar-refractivity contribution in [2.45, 2.75) is 0 Å². The highest BCUT2D eigenvalue weighted by Crippen LogP contribution is 2.18. The van der Waals surface area contributed by atoms with Crippen LogP contribution in [0.5, 0.6) is 0 Å². The number of hydrogen-bond donors (Lipinski definition) is 1. The molecule has 0 bridgehead atoms. The Morgan fingerprint density at radius 2 is 1.90 bits per heavy atom. The summed E-state index contributed by atoms with van der Waals surface area (Å²) in [5.41, 5.74) is 3.93. The molecule has 21 heavy (non-hydrogen) atoms. The van der Waals surface area contributed by atoms with E-state index >= 15 is 0 Å². The first-order valence-electron chi connectivity index (χ1n) is 6.30. The Morgan fingerprint density at radius 1 is 1.14 bits per heavy atom. The summed E-state index contributed by atoms with van der Waals surface area (Å²) in [6, 6.07) is 16.2. The van der Waals surface area contributed by atoms with Crippen molar-refractivity contribution in [3.05, 3.63) is 70.9 Å². The molecule has 0 spiro atoms. The smallest absolute Gasteiger partial charge is 0.307 e. The summed E-state index contributed by atoms with van der Waals surface area (Å²) in [4.78, 5) is 11.9. The van der Waals surface area contributed by atoms with Crippen molar-refractivity contribution in [1.82, 2.24) is 5.43 Å². The van der Waals surface area contributed by atoms with Crippen molar-refractivity contribution in [2.75, 3.05) is 0 Å². The Hall–Kier alpha value is -2.59. The molecule has 1 heterocycles. The van der Waals surface area contributed by atoms with Gasteiger partial charge in [0.25, 0.3) is 0 Å². The van der Waals surface area contributed by atoms with Crippen molar-refractivity contribution in [3.8, 4) is 0 Å². The van der Waals surface area contributed by atoms with Gasteiger partial charge in [0.05, 0.1) is 6.21 Å². The SMILES string of the molecule is O=C(N/N=C/c1ccc(Cl)cc1)c1cc2ccccc2o1. The second kappa shape index (κ2) is 5.81. The average Bonchev–Trinajstić information content (AvgIpc) is 2.93. The molecule has 5 heteroatoms. The molecule has 0 radical (unpaired) electrons. The maximum Gasteiger partial charge on any atom is 0.307 e. The van der Waals surface area contributed by atoms with Crippen LogP contribution >= 0.6 is 11.6 Å². The average molecular weight is 299 g/mol. The van der Waals surface area contributed by atoms with Crippen LogP contribution in [0.3, 0.4) is 0 Å². The Kier molecular flexibility index (Phi) is 3.71. The molecule has 0 aliphatic carbocycles. The second-order valence-corrected chi connectivity index (χ2v) is 4.84. The number of benzene rings is 2. The first-order chi connectivity index (χ1) is 10.2. The number of fused-ring (bicyclic) bond motifs is 1. The third-order valence-corrected chi connectivity index (χ3v) is 3.15. The monoisotopic (exact) mass is 298 g/mol. The van der Waals surface area contributed by atoms with E-state index in [1.54, 1.807) is 30.3 Å². The fourth-order valence-corrected chi connectivity index (χ4v) is 1.99. The lowest BCUT2D eigenvalue weighted by molar-refractivity contribution is 0.0929. The van der Waals surface area contributed by atoms with Gasteiger partial charge in [-0.3, -0.25) is 4.79 Å². The minimum absolute atomic E-state index is 0.226. The molecule has 0 saturated carbocycles. The van der Waals surface area contributed by atoms with Crippen LogP contribution in [0.4, 0.5) is 0 Å². The number of carbonyl (C=O) groups excluding carboxylic acids is 1. The van der Waals surface area contributed by atoms with Gasteiger partial charge >= 0.3 is 5.91 Å². The number of halogens is 1. The van der Waals surface area contributed by atoms with E-state index < -0.39 is 5.91 Å². The number of amides is 1. The number of para-hydroxylation sites is 1. The molecule has 2 aromatic carbocycles. The molecule has 0 aliphatic heterocycles. The van der Waals surface area contributed by atoms with Crippen LogP contribution in [-0.4, -0.2) is 12.1 Å². The first-order valence-corrected chi connectivity index (χ1v) is 6.68. The zero-order valence-corrected chi connectivity index (χ0v) is 11.7. The van der Waals surface area contributed by atoms with Gasteiger partial charge in [-0.15, -0.1) is 0 Å². The summed E-state index contributed by atoms with van der Waals surface area (Å²) in [6.45, 7) is 0. The Morgan fingerprint density at radius 3 is 2.67 bits per heavy atom. The molecule has 3 rings (SSSR count). The highest BCUT2D eigenvalue weighted by molar-refractivity contribution is 6.30. The van der Waals surface area contributed by atoms with Crippen LogP contribution in [0.1, 0.15) is 16.1 Å². The number of furan rings is 1. The Balaban J connectivity index is 1.70. The largest absolute Gasteiger partial charge is 0.451 e. The summed E-state index contributed by atoms with van der Waals surface area (Å²) in [5.74, 6) is -0.166. The topological polar surface area (TPSA) is 54.6 Å². The number of carbonyl (C=O) groups is 1. The van der Waals surface area contributed by atoms with Gasteiger partial charge < -0.3 is 4.42 Å². The van der Waals surface area contributed by atoms with E-state index in [9.17, 15) is 4.79 Å². The molecule has 0 atom stereocenters. The van der Waals surface area contributed by atoms with Crippen LogP contribution in [0.25, 0.3) is 11.0 Å². The van der Waals surface area contributed by atoms with Gasteiger partial charge in [-0.1, -0.05) is 41.9 Å². The summed E-state index contributed by atoms with van der Waals surface area (Å²) >= 11 is 5.79. The van der Waals surface area contributed by atoms with Crippen molar-refractivity contribution in [3.63, 3.8) is 0 Å². The fraction of sp³-hybridized carbons (Fsp3) is 0. The second-order valence-electron chi connectivity index (χ2n) is 4.40. The van der Waals surface area contributed by atoms with E-state index in [4.69, 9.17) is 16.0 Å². The van der Waals surface area contributed by atoms with Crippen LogP contribution < -0.4 is 5.43 Å². The molecule has 0 unspecified atom stereocenters. The number of hydrazone groups is 1. The molecular weight excluding hydrogens is 288 g/mol. The van der Waals surface area contributed by atoms with Crippen molar-refractivity contribution in [2.24, 2.45) is 5.10 Å². The van der Waals surface area contributed by atoms with Gasteiger partial charge in [0.15, 0.2) is 5.76 Å². The number of nitrogens with zero attached hydrogens (tertiary/aromatic N) is 1. The third kappa shape index (κ3) is 3.12. The van der Waals surface area contributed by atoms with Crippen LogP contribution in [0.2, 0.25) is 5.02 Å². The summed E-state index contributed by atoms with van der Waals surface area (Å²) in [7, 11) is 0. The maximum atomic E-state index is 11.9. The standard InChI is InChI=1S/C16H11ClN2O2/c17-13-7-5-11(6-8-13)10-18-19-16(20)15-9-12-3-1-2-4-14(12)21-15/h1-10H,(H,19,20)/b18-10+. The van der Waals surface area contributed by atoms with E-state index in [0.29, 0.717) is 10.6 Å². The Bertz CT molecular complexity index is 774. The van der Waals surface area contributed by atoms with Crippen LogP contribution in [-0.2, 0) is 0 Å². The van der Waals surface area contributed by atoms with Crippen molar-refractivity contribution >= 4 is 34.7 Å². The zero-order valence-electron chi connectivity index (χ0n) is 10.9. The molecule has 104 valence electrons. The van der Waals surface area contributed by atoms with Gasteiger partial charge in [-0.2, -0.15) is 5.10 Å². The quantitative estimate of drug-likeness (QED) is 0.590. The molecule has 3 aromatic rings. The molecular formula is C16H11ClN2O2. The number of nitrogens with one attached hydrogen (secondary N) is 1. The van der Waals surface area contributed by atoms with Gasteiger partial charge in [0, 0.05) is 10.4 Å². The number of hydrogen-bond acceptors (Lipinski definition) is 3. The normalized spacial score (nSPS) is 11.1. The van der Waals surface area contributed by atoms with E-state index in [-0.39, 0.29) is 5.76 Å². The lowest BCUT2D eigenvalue weighted by Crippen LogP contribution is -2.16. The fourth-order valence-electron chi connectivity index (χ4n) is 1.86. The maximum absolute atomic E-state index is 11.9. The van der Waals surface area contributed by atoms with Crippen molar-refractivity contribution in [1.29, 1.82) is 0 Å². The zero-order chi connectivity index (χ0) is 14.7. The minimum atomic E-state index is -0.392. The van der Waals surface area contributed by atoms with Gasteiger partial charge in [-0.25, -0.2) is 5.43 Å². The van der Waals surface area contributed by atoms with E-state index in [0.717, 1.165) is 10.9 Å². The summed E-state index contributed by atoms with van der Waals surface area (Å²) in [5, 5.41) is 5.42. The first kappa shape index (κ1) is 13.4. The Labute approximate surface area is 126 Å². The third-order valence-electron chi connectivity index (χ3n) is 2.90. The molecule has 0 saturated heterocycles. The highest BCUT2D eigenvalue weighted by atomic mass is 35.5. The van der Waals surface area contributed by atoms with E-state index in [1.165, 1.54) is 6.21 Å². The summed E-state index contributed by atoms with van der Waals surface area (Å²) < 4.78 is 5.44. The lowest BCUT2D eigenvalue weighted by Gasteiger charge is -1.95. The van der Waals surface area contributed by atoms with Gasteiger partial charge in [0.1, 0.15) is 5.58 Å². The number of rotatable bonds is 3.